The first-order valence-corrected chi connectivity index (χ1v) is 11.4. The monoisotopic (exact) mass is 458 g/mol. The van der Waals surface area contributed by atoms with E-state index in [-0.39, 0.29) is 28.7 Å². The summed E-state index contributed by atoms with van der Waals surface area (Å²) in [6, 6.07) is 5.84. The van der Waals surface area contributed by atoms with Crippen LogP contribution < -0.4 is 5.32 Å². The van der Waals surface area contributed by atoms with E-state index >= 15 is 0 Å². The molecule has 1 amide bonds. The predicted molar refractivity (Wildman–Crippen MR) is 109 cm³/mol. The molecule has 0 spiro atoms. The van der Waals surface area contributed by atoms with Crippen molar-refractivity contribution in [1.29, 1.82) is 0 Å². The highest BCUT2D eigenvalue weighted by molar-refractivity contribution is 7.89. The second-order valence-corrected chi connectivity index (χ2v) is 9.48. The molecule has 1 aromatic heterocycles. The smallest absolute Gasteiger partial charge is 0.349 e. The van der Waals surface area contributed by atoms with Gasteiger partial charge in [0, 0.05) is 13.1 Å². The zero-order valence-corrected chi connectivity index (χ0v) is 17.9. The minimum Gasteiger partial charge on any atom is -0.451 e. The van der Waals surface area contributed by atoms with Crippen LogP contribution in [0.25, 0.3) is 0 Å². The van der Waals surface area contributed by atoms with E-state index in [0.29, 0.717) is 18.1 Å². The van der Waals surface area contributed by atoms with E-state index < -0.39 is 28.5 Å². The van der Waals surface area contributed by atoms with Crippen molar-refractivity contribution in [2.75, 3.05) is 38.2 Å². The number of hydrogen-bond donors (Lipinski definition) is 1. The van der Waals surface area contributed by atoms with Gasteiger partial charge in [0.2, 0.25) is 10.0 Å². The Balaban J connectivity index is 1.67. The fourth-order valence-electron chi connectivity index (χ4n) is 2.66. The molecule has 1 aliphatic rings. The molecular formula is C18H19ClN2O6S2. The van der Waals surface area contributed by atoms with E-state index in [4.69, 9.17) is 21.1 Å². The van der Waals surface area contributed by atoms with Gasteiger partial charge in [0.1, 0.15) is 4.88 Å². The largest absolute Gasteiger partial charge is 0.451 e. The maximum Gasteiger partial charge on any atom is 0.349 e. The van der Waals surface area contributed by atoms with Crippen molar-refractivity contribution in [1.82, 2.24) is 4.31 Å². The van der Waals surface area contributed by atoms with Crippen LogP contribution in [0.2, 0.25) is 5.02 Å². The Hall–Kier alpha value is -1.98. The molecule has 0 unspecified atom stereocenters. The minimum atomic E-state index is -3.74. The van der Waals surface area contributed by atoms with Gasteiger partial charge in [-0.1, -0.05) is 11.6 Å². The van der Waals surface area contributed by atoms with Gasteiger partial charge in [0.25, 0.3) is 5.91 Å². The first kappa shape index (κ1) is 21.7. The van der Waals surface area contributed by atoms with Crippen LogP contribution >= 0.6 is 22.9 Å². The summed E-state index contributed by atoms with van der Waals surface area (Å²) in [5, 5.41) is 4.41. The number of morpholine rings is 1. The highest BCUT2D eigenvalue weighted by atomic mass is 35.5. The molecule has 1 N–H and O–H groups in total. The second kappa shape index (κ2) is 9.23. The Morgan fingerprint density at radius 2 is 2.00 bits per heavy atom. The van der Waals surface area contributed by atoms with E-state index in [0.717, 1.165) is 5.56 Å². The van der Waals surface area contributed by atoms with Crippen molar-refractivity contribution < 1.29 is 27.5 Å². The number of sulfonamides is 1. The fraction of sp³-hybridized carbons (Fsp3) is 0.333. The molecule has 0 radical (unpaired) electrons. The van der Waals surface area contributed by atoms with Gasteiger partial charge in [-0.25, -0.2) is 13.2 Å². The normalized spacial score (nSPS) is 15.1. The topological polar surface area (TPSA) is 102 Å². The lowest BCUT2D eigenvalue weighted by atomic mass is 10.3. The SMILES string of the molecule is Cc1ccsc1C(=O)OCC(=O)Nc1cc(S(=O)(=O)N2CCOCC2)ccc1Cl. The number of benzene rings is 1. The van der Waals surface area contributed by atoms with Crippen molar-refractivity contribution in [2.24, 2.45) is 0 Å². The van der Waals surface area contributed by atoms with Crippen molar-refractivity contribution in [2.45, 2.75) is 11.8 Å². The summed E-state index contributed by atoms with van der Waals surface area (Å²) in [6.07, 6.45) is 0. The molecule has 0 atom stereocenters. The fourth-order valence-corrected chi connectivity index (χ4v) is 5.08. The highest BCUT2D eigenvalue weighted by Crippen LogP contribution is 2.27. The van der Waals surface area contributed by atoms with Crippen LogP contribution in [0.15, 0.2) is 34.5 Å². The number of carbonyl (C=O) groups is 2. The number of nitrogens with zero attached hydrogens (tertiary/aromatic N) is 1. The first-order valence-electron chi connectivity index (χ1n) is 8.67. The summed E-state index contributed by atoms with van der Waals surface area (Å²) >= 11 is 7.32. The van der Waals surface area contributed by atoms with Crippen molar-refractivity contribution in [3.63, 3.8) is 0 Å². The van der Waals surface area contributed by atoms with Crippen molar-refractivity contribution in [3.05, 3.63) is 45.1 Å². The second-order valence-electron chi connectivity index (χ2n) is 6.22. The molecule has 0 bridgehead atoms. The van der Waals surface area contributed by atoms with Crippen molar-refractivity contribution in [3.8, 4) is 0 Å². The predicted octanol–water partition coefficient (Wildman–Crippen LogP) is 2.53. The van der Waals surface area contributed by atoms with E-state index in [1.165, 1.54) is 33.8 Å². The zero-order valence-electron chi connectivity index (χ0n) is 15.5. The van der Waals surface area contributed by atoms with Crippen LogP contribution in [0.4, 0.5) is 5.69 Å². The van der Waals surface area contributed by atoms with E-state index in [1.807, 2.05) is 0 Å². The van der Waals surface area contributed by atoms with Gasteiger partial charge in [-0.05, 0) is 42.1 Å². The van der Waals surface area contributed by atoms with E-state index in [2.05, 4.69) is 5.32 Å². The van der Waals surface area contributed by atoms with Crippen molar-refractivity contribution >= 4 is 50.5 Å². The number of ether oxygens (including phenoxy) is 2. The lowest BCUT2D eigenvalue weighted by Gasteiger charge is -2.26. The third kappa shape index (κ3) is 5.14. The average Bonchev–Trinajstić information content (AvgIpc) is 3.14. The van der Waals surface area contributed by atoms with Gasteiger partial charge in [-0.3, -0.25) is 4.79 Å². The number of anilines is 1. The molecule has 11 heteroatoms. The molecule has 8 nitrogen and oxygen atoms in total. The number of hydrogen-bond acceptors (Lipinski definition) is 7. The van der Waals surface area contributed by atoms with E-state index in [9.17, 15) is 18.0 Å². The van der Waals surface area contributed by atoms with Gasteiger partial charge in [0.05, 0.1) is 28.8 Å². The Bertz CT molecular complexity index is 1020. The number of rotatable bonds is 6. The Labute approximate surface area is 177 Å². The standard InChI is InChI=1S/C18H19ClN2O6S2/c1-12-4-9-28-17(12)18(23)27-11-16(22)20-15-10-13(2-3-14(15)19)29(24,25)21-5-7-26-8-6-21/h2-4,9-10H,5-8,11H2,1H3,(H,20,22). The van der Waals surface area contributed by atoms with Crippen LogP contribution in [-0.2, 0) is 24.3 Å². The molecule has 1 aromatic carbocycles. The summed E-state index contributed by atoms with van der Waals surface area (Å²) in [7, 11) is -3.74. The number of halogens is 1. The number of amides is 1. The molecule has 3 rings (SSSR count). The Kier molecular flexibility index (Phi) is 6.91. The number of aryl methyl sites for hydroxylation is 1. The number of nitrogens with one attached hydrogen (secondary N) is 1. The Morgan fingerprint density at radius 1 is 1.28 bits per heavy atom. The number of thiophene rings is 1. The molecule has 1 fully saturated rings. The molecule has 156 valence electrons. The van der Waals surface area contributed by atoms with Crippen LogP contribution in [0.5, 0.6) is 0 Å². The van der Waals surface area contributed by atoms with Crippen LogP contribution in [0.1, 0.15) is 15.2 Å². The molecule has 29 heavy (non-hydrogen) atoms. The lowest BCUT2D eigenvalue weighted by molar-refractivity contribution is -0.119. The van der Waals surface area contributed by atoms with Gasteiger partial charge in [-0.15, -0.1) is 11.3 Å². The van der Waals surface area contributed by atoms with Crippen LogP contribution in [-0.4, -0.2) is 57.5 Å². The summed E-state index contributed by atoms with van der Waals surface area (Å²) in [5.41, 5.74) is 0.888. The third-order valence-corrected chi connectivity index (χ3v) is 7.42. The highest BCUT2D eigenvalue weighted by Gasteiger charge is 2.27. The quantitative estimate of drug-likeness (QED) is 0.667. The first-order chi connectivity index (χ1) is 13.8. The van der Waals surface area contributed by atoms with Crippen LogP contribution in [0, 0.1) is 6.92 Å². The maximum absolute atomic E-state index is 12.8. The average molecular weight is 459 g/mol. The molecular weight excluding hydrogens is 440 g/mol. The molecule has 2 aromatic rings. The summed E-state index contributed by atoms with van der Waals surface area (Å²) < 4.78 is 37.0. The number of carbonyl (C=O) groups excluding carboxylic acids is 2. The van der Waals surface area contributed by atoms with Gasteiger partial charge >= 0.3 is 5.97 Å². The zero-order chi connectivity index (χ0) is 21.0. The molecule has 1 aliphatic heterocycles. The summed E-state index contributed by atoms with van der Waals surface area (Å²) in [4.78, 5) is 24.6. The lowest BCUT2D eigenvalue weighted by Crippen LogP contribution is -2.40. The minimum absolute atomic E-state index is 0.00491. The molecule has 2 heterocycles. The third-order valence-electron chi connectivity index (χ3n) is 4.20. The van der Waals surface area contributed by atoms with Gasteiger partial charge in [-0.2, -0.15) is 4.31 Å². The molecule has 1 saturated heterocycles. The summed E-state index contributed by atoms with van der Waals surface area (Å²) in [6.45, 7) is 2.41. The molecule has 0 aliphatic carbocycles. The number of esters is 1. The van der Waals surface area contributed by atoms with Gasteiger partial charge < -0.3 is 14.8 Å². The van der Waals surface area contributed by atoms with Crippen LogP contribution in [0.3, 0.4) is 0 Å². The van der Waals surface area contributed by atoms with Gasteiger partial charge in [0.15, 0.2) is 6.61 Å². The molecule has 0 saturated carbocycles. The summed E-state index contributed by atoms with van der Waals surface area (Å²) in [5.74, 6) is -1.22. The Morgan fingerprint density at radius 3 is 2.66 bits per heavy atom. The van der Waals surface area contributed by atoms with E-state index in [1.54, 1.807) is 18.4 Å². The maximum atomic E-state index is 12.8.